The van der Waals surface area contributed by atoms with Crippen molar-refractivity contribution in [3.8, 4) is 22.6 Å². The van der Waals surface area contributed by atoms with Crippen LogP contribution in [0.15, 0.2) is 48.5 Å². The Labute approximate surface area is 104 Å². The second-order valence-electron chi connectivity index (χ2n) is 2.99. The van der Waals surface area contributed by atoms with Gasteiger partial charge in [-0.25, -0.2) is 0 Å². The van der Waals surface area contributed by atoms with Crippen LogP contribution in [0.2, 0.25) is 0 Å². The van der Waals surface area contributed by atoms with E-state index in [2.05, 4.69) is 0 Å². The van der Waals surface area contributed by atoms with Gasteiger partial charge < -0.3 is 10.2 Å². The Hall–Kier alpha value is -1.19. The Kier molecular flexibility index (Phi) is 4.00. The van der Waals surface area contributed by atoms with E-state index in [1.165, 1.54) is 12.1 Å². The van der Waals surface area contributed by atoms with Crippen LogP contribution in [-0.4, -0.2) is 23.1 Å². The first kappa shape index (κ1) is 11.9. The van der Waals surface area contributed by atoms with E-state index in [1.54, 1.807) is 36.4 Å². The van der Waals surface area contributed by atoms with Crippen molar-refractivity contribution in [2.45, 2.75) is 0 Å². The summed E-state index contributed by atoms with van der Waals surface area (Å²) in [4.78, 5) is 0. The molecule has 3 heteroatoms. The summed E-state index contributed by atoms with van der Waals surface area (Å²) in [7, 11) is 0. The van der Waals surface area contributed by atoms with Gasteiger partial charge in [0.1, 0.15) is 0 Å². The Bertz CT molecular complexity index is 411. The van der Waals surface area contributed by atoms with Crippen molar-refractivity contribution in [3.05, 3.63) is 48.5 Å². The van der Waals surface area contributed by atoms with Crippen LogP contribution in [0.25, 0.3) is 11.1 Å². The van der Waals surface area contributed by atoms with Crippen molar-refractivity contribution in [2.75, 3.05) is 0 Å². The minimum absolute atomic E-state index is 0. The predicted octanol–water partition coefficient (Wildman–Crippen LogP) is 1.12. The summed E-state index contributed by atoms with van der Waals surface area (Å²) in [5.74, 6) is -0.230. The maximum atomic E-state index is 11.4. The summed E-state index contributed by atoms with van der Waals surface area (Å²) in [5.41, 5.74) is 0.941. The summed E-state index contributed by atoms with van der Waals surface area (Å²) in [6.45, 7) is 0. The molecular weight excluding hydrogens is 200 g/mol. The van der Waals surface area contributed by atoms with E-state index >= 15 is 0 Å². The van der Waals surface area contributed by atoms with E-state index < -0.39 is 0 Å². The molecule has 0 fully saturated rings. The molecule has 0 saturated carbocycles. The molecule has 0 amide bonds. The second-order valence-corrected chi connectivity index (χ2v) is 2.99. The van der Waals surface area contributed by atoms with Crippen molar-refractivity contribution in [1.29, 1.82) is 0 Å². The average molecular weight is 208 g/mol. The number of hydrogen-bond acceptors (Lipinski definition) is 2. The molecule has 0 aromatic heterocycles. The average Bonchev–Trinajstić information content (AvgIpc) is 2.20. The quantitative estimate of drug-likeness (QED) is 0.660. The second kappa shape index (κ2) is 5.05. The maximum absolute atomic E-state index is 11.4. The van der Waals surface area contributed by atoms with Crippen LogP contribution in [0.1, 0.15) is 0 Å². The normalized spacial score (nSPS) is 9.33. The molecule has 0 aliphatic heterocycles. The minimum atomic E-state index is -0.115. The topological polar surface area (TPSA) is 46.1 Å². The zero-order chi connectivity index (χ0) is 9.97. The van der Waals surface area contributed by atoms with Crippen LogP contribution >= 0.6 is 0 Å². The fraction of sp³-hybridized carbons (Fsp3) is 0. The van der Waals surface area contributed by atoms with E-state index in [4.69, 9.17) is 0 Å². The van der Waals surface area contributed by atoms with Gasteiger partial charge in [-0.15, -0.1) is 11.5 Å². The van der Waals surface area contributed by atoms with E-state index in [1.807, 2.05) is 0 Å². The SMILES string of the molecule is [Mg+2].[O-]c1ccccc1-c1ccccc1[O-]. The molecule has 0 radical (unpaired) electrons. The van der Waals surface area contributed by atoms with Crippen LogP contribution in [0.5, 0.6) is 11.5 Å². The first-order valence-corrected chi connectivity index (χ1v) is 4.31. The number of hydrogen-bond donors (Lipinski definition) is 0. The fourth-order valence-corrected chi connectivity index (χ4v) is 1.38. The molecule has 2 aromatic carbocycles. The van der Waals surface area contributed by atoms with E-state index in [-0.39, 0.29) is 34.6 Å². The molecule has 0 aliphatic carbocycles. The van der Waals surface area contributed by atoms with Gasteiger partial charge in [0, 0.05) is 0 Å². The third kappa shape index (κ3) is 2.43. The third-order valence-electron chi connectivity index (χ3n) is 2.06. The molecule has 0 saturated heterocycles. The summed E-state index contributed by atoms with van der Waals surface area (Å²) in [6, 6.07) is 13.1. The summed E-state index contributed by atoms with van der Waals surface area (Å²) >= 11 is 0. The van der Waals surface area contributed by atoms with Crippen LogP contribution in [0.4, 0.5) is 0 Å². The number of rotatable bonds is 1. The zero-order valence-electron chi connectivity index (χ0n) is 8.14. The van der Waals surface area contributed by atoms with Gasteiger partial charge in [0.15, 0.2) is 0 Å². The van der Waals surface area contributed by atoms with Crippen LogP contribution in [-0.2, 0) is 0 Å². The standard InChI is InChI=1S/C12H10O2.Mg/c13-11-7-3-1-5-9(11)10-6-2-4-8-12(10)14;/h1-8,13-14H;/q;+2/p-2. The maximum Gasteiger partial charge on any atom is 2.00 e. The smallest absolute Gasteiger partial charge is 0.872 e. The number of benzene rings is 2. The monoisotopic (exact) mass is 208 g/mol. The summed E-state index contributed by atoms with van der Waals surface area (Å²) in [6.07, 6.45) is 0. The number of para-hydroxylation sites is 2. The zero-order valence-corrected chi connectivity index (χ0v) is 9.56. The first-order valence-electron chi connectivity index (χ1n) is 4.31. The van der Waals surface area contributed by atoms with Crippen LogP contribution in [0, 0.1) is 0 Å². The van der Waals surface area contributed by atoms with Crippen molar-refractivity contribution in [3.63, 3.8) is 0 Å². The molecule has 0 aliphatic rings. The molecule has 0 N–H and O–H groups in total. The van der Waals surface area contributed by atoms with Crippen molar-refractivity contribution in [1.82, 2.24) is 0 Å². The van der Waals surface area contributed by atoms with Crippen molar-refractivity contribution in [2.24, 2.45) is 0 Å². The molecule has 0 unspecified atom stereocenters. The van der Waals surface area contributed by atoms with Crippen molar-refractivity contribution < 1.29 is 10.2 Å². The molecule has 2 rings (SSSR count). The third-order valence-corrected chi connectivity index (χ3v) is 2.06. The molecule has 0 atom stereocenters. The van der Waals surface area contributed by atoms with E-state index in [0.29, 0.717) is 11.1 Å². The molecule has 2 nitrogen and oxygen atoms in total. The Balaban J connectivity index is 0.00000112. The van der Waals surface area contributed by atoms with Gasteiger partial charge >= 0.3 is 23.1 Å². The van der Waals surface area contributed by atoms with Crippen molar-refractivity contribution >= 4 is 23.1 Å². The van der Waals surface area contributed by atoms with Gasteiger partial charge in [-0.05, 0) is 11.1 Å². The molecule has 0 heterocycles. The summed E-state index contributed by atoms with van der Waals surface area (Å²) in [5, 5.41) is 22.9. The van der Waals surface area contributed by atoms with Crippen LogP contribution in [0.3, 0.4) is 0 Å². The largest absolute Gasteiger partial charge is 2.00 e. The van der Waals surface area contributed by atoms with Crippen LogP contribution < -0.4 is 10.2 Å². The van der Waals surface area contributed by atoms with Gasteiger partial charge in [-0.2, -0.15) is 0 Å². The minimum Gasteiger partial charge on any atom is -0.872 e. The van der Waals surface area contributed by atoms with Gasteiger partial charge in [-0.3, -0.25) is 0 Å². The molecule has 15 heavy (non-hydrogen) atoms. The molecule has 2 aromatic rings. The molecule has 0 spiro atoms. The predicted molar refractivity (Wildman–Crippen MR) is 56.5 cm³/mol. The van der Waals surface area contributed by atoms with E-state index in [0.717, 1.165) is 0 Å². The molecule has 70 valence electrons. The Morgan fingerprint density at radius 3 is 1.27 bits per heavy atom. The van der Waals surface area contributed by atoms with Gasteiger partial charge in [0.05, 0.1) is 0 Å². The molecule has 0 bridgehead atoms. The molecular formula is C12H8MgO2. The van der Waals surface area contributed by atoms with Gasteiger partial charge in [0.2, 0.25) is 0 Å². The van der Waals surface area contributed by atoms with Gasteiger partial charge in [-0.1, -0.05) is 48.5 Å². The Morgan fingerprint density at radius 2 is 0.933 bits per heavy atom. The van der Waals surface area contributed by atoms with Gasteiger partial charge in [0.25, 0.3) is 0 Å². The van der Waals surface area contributed by atoms with E-state index in [9.17, 15) is 10.2 Å². The Morgan fingerprint density at radius 1 is 0.600 bits per heavy atom. The first-order chi connectivity index (χ1) is 6.79. The fourth-order valence-electron chi connectivity index (χ4n) is 1.38. The summed E-state index contributed by atoms with van der Waals surface area (Å²) < 4.78 is 0.